The number of benzene rings is 10. The van der Waals surface area contributed by atoms with Gasteiger partial charge >= 0.3 is 0 Å². The molecule has 2 aromatic heterocycles. The molecule has 59 heavy (non-hydrogen) atoms. The maximum absolute atomic E-state index is 5.42. The summed E-state index contributed by atoms with van der Waals surface area (Å²) in [6.45, 7) is 0. The normalized spacial score (nSPS) is 11.7. The van der Waals surface area contributed by atoms with Gasteiger partial charge in [0.1, 0.15) is 0 Å². The van der Waals surface area contributed by atoms with Gasteiger partial charge in [0.2, 0.25) is 0 Å². The Morgan fingerprint density at radius 1 is 0.305 bits per heavy atom. The van der Waals surface area contributed by atoms with E-state index in [9.17, 15) is 0 Å². The molecule has 0 radical (unpaired) electrons. The van der Waals surface area contributed by atoms with E-state index in [0.717, 1.165) is 60.6 Å². The molecule has 12 rings (SSSR count). The van der Waals surface area contributed by atoms with E-state index in [1.807, 2.05) is 18.2 Å². The molecule has 0 saturated heterocycles. The molecule has 0 saturated carbocycles. The first kappa shape index (κ1) is 33.2. The van der Waals surface area contributed by atoms with Crippen LogP contribution in [0.5, 0.6) is 0 Å². The quantitative estimate of drug-likeness (QED) is 0.176. The monoisotopic (exact) mass is 750 g/mol. The molecular weight excluding hydrogens is 717 g/mol. The molecule has 0 aliphatic rings. The lowest BCUT2D eigenvalue weighted by Crippen LogP contribution is -2.04. The highest BCUT2D eigenvalue weighted by Crippen LogP contribution is 2.45. The van der Waals surface area contributed by atoms with Crippen LogP contribution >= 0.6 is 0 Å². The number of nitrogens with zero attached hydrogens (tertiary/aromatic N) is 4. The third-order valence-electron chi connectivity index (χ3n) is 11.8. The molecule has 0 fully saturated rings. The van der Waals surface area contributed by atoms with Crippen molar-refractivity contribution < 1.29 is 0 Å². The molecule has 4 heteroatoms. The van der Waals surface area contributed by atoms with Crippen LogP contribution in [0.25, 0.3) is 116 Å². The van der Waals surface area contributed by atoms with Crippen LogP contribution in [-0.2, 0) is 0 Å². The van der Waals surface area contributed by atoms with Gasteiger partial charge in [-0.15, -0.1) is 0 Å². The van der Waals surface area contributed by atoms with Crippen LogP contribution in [0.3, 0.4) is 0 Å². The van der Waals surface area contributed by atoms with E-state index in [-0.39, 0.29) is 0 Å². The van der Waals surface area contributed by atoms with Crippen molar-refractivity contribution in [3.05, 3.63) is 206 Å². The zero-order valence-corrected chi connectivity index (χ0v) is 31.9. The molecule has 10 aromatic carbocycles. The summed E-state index contributed by atoms with van der Waals surface area (Å²) in [5.41, 5.74) is 8.45. The molecular formula is C55H34N4. The summed E-state index contributed by atoms with van der Waals surface area (Å²) in [6.07, 6.45) is 0. The van der Waals surface area contributed by atoms with Crippen molar-refractivity contribution in [1.29, 1.82) is 0 Å². The second kappa shape index (κ2) is 13.3. The van der Waals surface area contributed by atoms with Gasteiger partial charge in [0.15, 0.2) is 17.5 Å². The number of hydrogen-bond acceptors (Lipinski definition) is 3. The summed E-state index contributed by atoms with van der Waals surface area (Å²) in [5, 5.41) is 11.7. The first-order valence-corrected chi connectivity index (χ1v) is 20.0. The molecule has 0 bridgehead atoms. The van der Waals surface area contributed by atoms with Gasteiger partial charge in [0.25, 0.3) is 0 Å². The van der Waals surface area contributed by atoms with Crippen LogP contribution < -0.4 is 0 Å². The molecule has 12 aromatic rings. The van der Waals surface area contributed by atoms with Crippen molar-refractivity contribution in [2.24, 2.45) is 0 Å². The van der Waals surface area contributed by atoms with Crippen LogP contribution in [-0.4, -0.2) is 19.5 Å². The SMILES string of the molecule is c1ccc(-c2nc(-c3cccc4ccccc34)nc(-c3c(-c4ccccc4)cc(-n4c5cc6ccccc6cc5c5ccc6ccccc6c54)c4ccccc34)n2)cc1. The zero-order chi connectivity index (χ0) is 38.9. The van der Waals surface area contributed by atoms with E-state index in [1.54, 1.807) is 0 Å². The predicted molar refractivity (Wildman–Crippen MR) is 246 cm³/mol. The van der Waals surface area contributed by atoms with E-state index < -0.39 is 0 Å². The Kier molecular flexibility index (Phi) is 7.50. The van der Waals surface area contributed by atoms with Gasteiger partial charge in [-0.1, -0.05) is 188 Å². The number of rotatable bonds is 5. The fourth-order valence-electron chi connectivity index (χ4n) is 9.09. The van der Waals surface area contributed by atoms with E-state index >= 15 is 0 Å². The molecule has 4 nitrogen and oxygen atoms in total. The summed E-state index contributed by atoms with van der Waals surface area (Å²) < 4.78 is 2.50. The van der Waals surface area contributed by atoms with Gasteiger partial charge in [-0.25, -0.2) is 15.0 Å². The Balaban J connectivity index is 1.23. The minimum absolute atomic E-state index is 0.627. The molecule has 0 atom stereocenters. The Morgan fingerprint density at radius 3 is 1.63 bits per heavy atom. The first-order valence-electron chi connectivity index (χ1n) is 20.0. The molecule has 0 aliphatic heterocycles. The lowest BCUT2D eigenvalue weighted by Gasteiger charge is -2.20. The fourth-order valence-corrected chi connectivity index (χ4v) is 9.09. The Bertz CT molecular complexity index is 3600. The van der Waals surface area contributed by atoms with Crippen molar-refractivity contribution in [3.8, 4) is 51.0 Å². The first-order chi connectivity index (χ1) is 29.3. The van der Waals surface area contributed by atoms with Gasteiger partial charge in [-0.2, -0.15) is 0 Å². The maximum atomic E-state index is 5.42. The highest BCUT2D eigenvalue weighted by molar-refractivity contribution is 6.22. The molecule has 0 aliphatic carbocycles. The summed E-state index contributed by atoms with van der Waals surface area (Å²) in [6, 6.07) is 73.5. The van der Waals surface area contributed by atoms with Gasteiger partial charge in [-0.3, -0.25) is 0 Å². The molecule has 0 amide bonds. The van der Waals surface area contributed by atoms with E-state index in [1.165, 1.54) is 37.8 Å². The third-order valence-corrected chi connectivity index (χ3v) is 11.8. The average molecular weight is 751 g/mol. The van der Waals surface area contributed by atoms with Crippen molar-refractivity contribution in [2.75, 3.05) is 0 Å². The number of fused-ring (bicyclic) bond motifs is 8. The van der Waals surface area contributed by atoms with Crippen LogP contribution in [0.2, 0.25) is 0 Å². The van der Waals surface area contributed by atoms with Crippen molar-refractivity contribution in [2.45, 2.75) is 0 Å². The van der Waals surface area contributed by atoms with E-state index in [0.29, 0.717) is 17.5 Å². The number of aromatic nitrogens is 4. The van der Waals surface area contributed by atoms with E-state index in [2.05, 4.69) is 193 Å². The minimum atomic E-state index is 0.627. The van der Waals surface area contributed by atoms with Crippen molar-refractivity contribution in [3.63, 3.8) is 0 Å². The number of hydrogen-bond donors (Lipinski definition) is 0. The molecule has 0 spiro atoms. The molecule has 274 valence electrons. The topological polar surface area (TPSA) is 43.6 Å². The third kappa shape index (κ3) is 5.34. The largest absolute Gasteiger partial charge is 0.308 e. The standard InChI is InChI=1S/C55H34N4/c1-3-16-36(17-4-1)47-34-50(59-49-33-40-23-8-7-22-39(40)32-48(49)45-31-30-37-19-10-12-26-42(37)52(45)59)43-27-13-14-28-44(43)51(47)55-57-53(38-20-5-2-6-21-38)56-54(58-55)46-29-15-24-35-18-9-11-25-41(35)46/h1-34H. The fraction of sp³-hybridized carbons (Fsp3) is 0. The van der Waals surface area contributed by atoms with Gasteiger partial charge in [0, 0.05) is 38.2 Å². The van der Waals surface area contributed by atoms with Crippen LogP contribution in [0.4, 0.5) is 0 Å². The summed E-state index contributed by atoms with van der Waals surface area (Å²) in [5.74, 6) is 1.90. The van der Waals surface area contributed by atoms with Crippen molar-refractivity contribution in [1.82, 2.24) is 19.5 Å². The molecule has 0 unspecified atom stereocenters. The van der Waals surface area contributed by atoms with Crippen LogP contribution in [0.15, 0.2) is 206 Å². The van der Waals surface area contributed by atoms with Crippen molar-refractivity contribution >= 4 is 64.9 Å². The smallest absolute Gasteiger partial charge is 0.165 e. The molecule has 2 heterocycles. The predicted octanol–water partition coefficient (Wildman–Crippen LogP) is 14.2. The summed E-state index contributed by atoms with van der Waals surface area (Å²) >= 11 is 0. The second-order valence-corrected chi connectivity index (χ2v) is 15.2. The zero-order valence-electron chi connectivity index (χ0n) is 31.9. The Morgan fingerprint density at radius 2 is 0.864 bits per heavy atom. The highest BCUT2D eigenvalue weighted by Gasteiger charge is 2.24. The van der Waals surface area contributed by atoms with Gasteiger partial charge in [0.05, 0.1) is 16.7 Å². The Labute approximate surface area is 340 Å². The van der Waals surface area contributed by atoms with E-state index in [4.69, 9.17) is 15.0 Å². The van der Waals surface area contributed by atoms with Crippen LogP contribution in [0.1, 0.15) is 0 Å². The maximum Gasteiger partial charge on any atom is 0.165 e. The lowest BCUT2D eigenvalue weighted by molar-refractivity contribution is 1.08. The van der Waals surface area contributed by atoms with Crippen LogP contribution in [0, 0.1) is 0 Å². The lowest BCUT2D eigenvalue weighted by atomic mass is 9.92. The van der Waals surface area contributed by atoms with Gasteiger partial charge in [-0.05, 0) is 61.6 Å². The summed E-state index contributed by atoms with van der Waals surface area (Å²) in [7, 11) is 0. The molecule has 0 N–H and O–H groups in total. The van der Waals surface area contributed by atoms with Gasteiger partial charge < -0.3 is 4.57 Å². The Hall–Kier alpha value is -7.95. The average Bonchev–Trinajstić information content (AvgIpc) is 3.63. The minimum Gasteiger partial charge on any atom is -0.308 e. The second-order valence-electron chi connectivity index (χ2n) is 15.2. The summed E-state index contributed by atoms with van der Waals surface area (Å²) in [4.78, 5) is 16.0. The highest BCUT2D eigenvalue weighted by atomic mass is 15.0.